The lowest BCUT2D eigenvalue weighted by Gasteiger charge is -2.10. The Kier molecular flexibility index (Phi) is 6.68. The van der Waals surface area contributed by atoms with Crippen molar-refractivity contribution in [2.24, 2.45) is 4.99 Å². The highest BCUT2D eigenvalue weighted by molar-refractivity contribution is 8.18. The first-order chi connectivity index (χ1) is 14.5. The van der Waals surface area contributed by atoms with Gasteiger partial charge in [0, 0.05) is 0 Å². The van der Waals surface area contributed by atoms with E-state index in [1.165, 1.54) is 14.2 Å². The summed E-state index contributed by atoms with van der Waals surface area (Å²) in [5.41, 5.74) is 1.25. The summed E-state index contributed by atoms with van der Waals surface area (Å²) in [5.74, 6) is -0.562. The van der Waals surface area contributed by atoms with E-state index in [9.17, 15) is 15.0 Å². The summed E-state index contributed by atoms with van der Waals surface area (Å²) in [6.07, 6.45) is 1.65. The summed E-state index contributed by atoms with van der Waals surface area (Å²) in [5, 5.41) is 21.2. The smallest absolute Gasteiger partial charge is 0.344 e. The second-order valence-electron chi connectivity index (χ2n) is 6.08. The number of methoxy groups -OCH3 is 2. The first-order valence-electron chi connectivity index (χ1n) is 9.07. The van der Waals surface area contributed by atoms with Crippen LogP contribution in [0.3, 0.4) is 0 Å². The van der Waals surface area contributed by atoms with Crippen LogP contribution in [0.2, 0.25) is 0 Å². The van der Waals surface area contributed by atoms with Crippen LogP contribution in [0.25, 0.3) is 6.08 Å². The lowest BCUT2D eigenvalue weighted by molar-refractivity contribution is -0.138. The van der Waals surface area contributed by atoms with Crippen molar-refractivity contribution in [2.45, 2.75) is 6.92 Å². The van der Waals surface area contributed by atoms with Crippen molar-refractivity contribution >= 4 is 34.5 Å². The van der Waals surface area contributed by atoms with Crippen molar-refractivity contribution in [2.75, 3.05) is 20.8 Å². The molecule has 3 rings (SSSR count). The monoisotopic (exact) mass is 427 g/mol. The molecule has 0 unspecified atom stereocenters. The second kappa shape index (κ2) is 9.41. The quantitative estimate of drug-likeness (QED) is 0.650. The van der Waals surface area contributed by atoms with Crippen molar-refractivity contribution in [1.29, 1.82) is 0 Å². The van der Waals surface area contributed by atoms with Gasteiger partial charge in [0.15, 0.2) is 11.5 Å². The van der Waals surface area contributed by atoms with Gasteiger partial charge in [-0.1, -0.05) is 30.0 Å². The number of nitrogens with zero attached hydrogens (tertiary/aromatic N) is 1. The molecule has 1 aliphatic heterocycles. The van der Waals surface area contributed by atoms with E-state index in [0.717, 1.165) is 11.8 Å². The molecule has 156 valence electrons. The third kappa shape index (κ3) is 4.44. The van der Waals surface area contributed by atoms with Crippen LogP contribution in [-0.4, -0.2) is 42.1 Å². The molecule has 0 aromatic heterocycles. The Morgan fingerprint density at radius 3 is 2.30 bits per heavy atom. The summed E-state index contributed by atoms with van der Waals surface area (Å²) in [7, 11) is 2.85. The third-order valence-electron chi connectivity index (χ3n) is 4.16. The van der Waals surface area contributed by atoms with Crippen molar-refractivity contribution in [3.8, 4) is 17.2 Å². The first kappa shape index (κ1) is 21.3. The number of aromatic hydroxyl groups is 1. The molecule has 0 amide bonds. The Bertz CT molecular complexity index is 1020. The summed E-state index contributed by atoms with van der Waals surface area (Å²) in [6.45, 7) is 1.86. The molecule has 1 heterocycles. The van der Waals surface area contributed by atoms with Crippen LogP contribution < -0.4 is 9.47 Å². The lowest BCUT2D eigenvalue weighted by Crippen LogP contribution is -2.12. The Balaban J connectivity index is 2.08. The molecule has 0 atom stereocenters. The van der Waals surface area contributed by atoms with E-state index in [2.05, 4.69) is 4.99 Å². The van der Waals surface area contributed by atoms with E-state index in [4.69, 9.17) is 14.2 Å². The van der Waals surface area contributed by atoms with Crippen LogP contribution in [0.1, 0.15) is 12.5 Å². The summed E-state index contributed by atoms with van der Waals surface area (Å²) in [6, 6.07) is 12.3. The van der Waals surface area contributed by atoms with Crippen molar-refractivity contribution in [1.82, 2.24) is 0 Å². The zero-order valence-corrected chi connectivity index (χ0v) is 17.5. The molecule has 0 radical (unpaired) electrons. The number of thioether (sulfide) groups is 1. The van der Waals surface area contributed by atoms with E-state index in [1.54, 1.807) is 37.3 Å². The Morgan fingerprint density at radius 2 is 1.73 bits per heavy atom. The molecular formula is C22H21NO6S. The normalized spacial score (nSPS) is 16.2. The number of ether oxygens (including phenoxy) is 3. The van der Waals surface area contributed by atoms with Crippen LogP contribution >= 0.6 is 11.8 Å². The standard InChI is InChI=1S/C22H21NO6S/c1-4-29-22(26)18-20(25)17(30-21(18)23-14-8-6-5-7-9-14)12-13-10-15(27-2)19(24)16(11-13)28-3/h5-12,24-25H,4H2,1-3H3/b17-12+,23-21?. The van der Waals surface area contributed by atoms with Crippen molar-refractivity contribution in [3.63, 3.8) is 0 Å². The van der Waals surface area contributed by atoms with Gasteiger partial charge in [-0.2, -0.15) is 0 Å². The van der Waals surface area contributed by atoms with Gasteiger partial charge < -0.3 is 24.4 Å². The molecule has 30 heavy (non-hydrogen) atoms. The minimum absolute atomic E-state index is 0.00895. The van der Waals surface area contributed by atoms with E-state index < -0.39 is 5.97 Å². The number of aliphatic hydroxyl groups is 1. The lowest BCUT2D eigenvalue weighted by atomic mass is 10.1. The van der Waals surface area contributed by atoms with E-state index in [1.807, 2.05) is 18.2 Å². The average Bonchev–Trinajstić information content (AvgIpc) is 3.04. The Hall–Kier alpha value is -3.39. The molecule has 2 aromatic carbocycles. The molecule has 0 bridgehead atoms. The first-order valence-corrected chi connectivity index (χ1v) is 9.89. The molecule has 7 nitrogen and oxygen atoms in total. The highest BCUT2D eigenvalue weighted by atomic mass is 32.2. The SMILES string of the molecule is CCOC(=O)C1=C(O)/C(=C\c2cc(OC)c(O)c(OC)c2)SC1=Nc1ccccc1. The van der Waals surface area contributed by atoms with E-state index >= 15 is 0 Å². The fourth-order valence-electron chi connectivity index (χ4n) is 2.76. The van der Waals surface area contributed by atoms with E-state index in [0.29, 0.717) is 21.2 Å². The molecule has 0 saturated heterocycles. The molecule has 0 fully saturated rings. The van der Waals surface area contributed by atoms with Gasteiger partial charge in [-0.15, -0.1) is 0 Å². The number of hydrogen-bond acceptors (Lipinski definition) is 8. The van der Waals surface area contributed by atoms with Gasteiger partial charge in [-0.25, -0.2) is 9.79 Å². The number of para-hydroxylation sites is 1. The minimum atomic E-state index is -0.651. The highest BCUT2D eigenvalue weighted by Gasteiger charge is 2.33. The topological polar surface area (TPSA) is 97.6 Å². The van der Waals surface area contributed by atoms with Gasteiger partial charge >= 0.3 is 5.97 Å². The van der Waals surface area contributed by atoms with Gasteiger partial charge in [-0.3, -0.25) is 0 Å². The predicted octanol–water partition coefficient (Wildman–Crippen LogP) is 4.60. The number of carbonyl (C=O) groups excluding carboxylic acids is 1. The largest absolute Gasteiger partial charge is 0.506 e. The predicted molar refractivity (Wildman–Crippen MR) is 117 cm³/mol. The minimum Gasteiger partial charge on any atom is -0.506 e. The number of rotatable bonds is 6. The number of benzene rings is 2. The number of carbonyl (C=O) groups is 1. The van der Waals surface area contributed by atoms with Gasteiger partial charge in [-0.05, 0) is 42.8 Å². The van der Waals surface area contributed by atoms with Crippen LogP contribution in [0.15, 0.2) is 63.7 Å². The number of hydrogen-bond donors (Lipinski definition) is 2. The maximum atomic E-state index is 12.5. The van der Waals surface area contributed by atoms with E-state index in [-0.39, 0.29) is 35.2 Å². The molecule has 0 saturated carbocycles. The van der Waals surface area contributed by atoms with Gasteiger partial charge in [0.2, 0.25) is 5.75 Å². The summed E-state index contributed by atoms with van der Waals surface area (Å²) < 4.78 is 15.4. The number of phenolic OH excluding ortho intramolecular Hbond substituents is 1. The molecule has 1 aliphatic rings. The van der Waals surface area contributed by atoms with Crippen LogP contribution in [0.5, 0.6) is 17.2 Å². The molecule has 2 N–H and O–H groups in total. The molecule has 0 spiro atoms. The molecule has 0 aliphatic carbocycles. The zero-order valence-electron chi connectivity index (χ0n) is 16.7. The van der Waals surface area contributed by atoms with Crippen LogP contribution in [0, 0.1) is 0 Å². The molecular weight excluding hydrogens is 406 g/mol. The fourth-order valence-corrected chi connectivity index (χ4v) is 3.80. The second-order valence-corrected chi connectivity index (χ2v) is 7.11. The zero-order chi connectivity index (χ0) is 21.7. The van der Waals surface area contributed by atoms with Gasteiger partial charge in [0.05, 0.1) is 31.4 Å². The number of aliphatic hydroxyl groups excluding tert-OH is 1. The highest BCUT2D eigenvalue weighted by Crippen LogP contribution is 2.42. The number of esters is 1. The number of phenols is 1. The number of aliphatic imine (C=N–C) groups is 1. The maximum Gasteiger partial charge on any atom is 0.344 e. The fraction of sp³-hybridized carbons (Fsp3) is 0.182. The summed E-state index contributed by atoms with van der Waals surface area (Å²) in [4.78, 5) is 17.4. The van der Waals surface area contributed by atoms with Crippen molar-refractivity contribution < 1.29 is 29.2 Å². The Labute approximate surface area is 178 Å². The Morgan fingerprint density at radius 1 is 1.10 bits per heavy atom. The van der Waals surface area contributed by atoms with Crippen LogP contribution in [0.4, 0.5) is 5.69 Å². The van der Waals surface area contributed by atoms with Gasteiger partial charge in [0.1, 0.15) is 16.4 Å². The third-order valence-corrected chi connectivity index (χ3v) is 5.18. The maximum absolute atomic E-state index is 12.5. The average molecular weight is 427 g/mol. The molecule has 2 aromatic rings. The summed E-state index contributed by atoms with van der Waals surface area (Å²) >= 11 is 1.14. The molecule has 8 heteroatoms. The van der Waals surface area contributed by atoms with Gasteiger partial charge in [0.25, 0.3) is 0 Å². The van der Waals surface area contributed by atoms with Crippen LogP contribution in [-0.2, 0) is 9.53 Å². The van der Waals surface area contributed by atoms with Crippen molar-refractivity contribution in [3.05, 3.63) is 64.3 Å².